The van der Waals surface area contributed by atoms with Crippen LogP contribution >= 0.6 is 19.8 Å². The van der Waals surface area contributed by atoms with Crippen molar-refractivity contribution >= 4 is 76.5 Å². The normalized spacial score (nSPS) is 0. The Bertz CT molecular complexity index is 25.3. The molecular weight excluding hydrogens is 324 g/mol. The third kappa shape index (κ3) is 156. The van der Waals surface area contributed by atoms with Crippen LogP contribution in [0.3, 0.4) is 0 Å². The third-order valence-electron chi connectivity index (χ3n) is 0. The zero-order chi connectivity index (χ0) is 0. The van der Waals surface area contributed by atoms with Gasteiger partial charge in [-0.15, -0.1) is 0 Å². The van der Waals surface area contributed by atoms with Crippen LogP contribution in [-0.2, 0) is 51.2 Å². The van der Waals surface area contributed by atoms with E-state index in [-0.39, 0.29) is 128 Å². The van der Waals surface area contributed by atoms with Gasteiger partial charge in [-0.05, 0) is 0 Å². The summed E-state index contributed by atoms with van der Waals surface area (Å²) < 4.78 is 0. The standard InChI is InChI=1S/2Al.2Cr.3O.2H3P.2Si/h;;;;;;;2*1H3;;/q2*+3;;;3*-2;;;;. The zero-order valence-electron chi connectivity index (χ0n) is 5.61. The first-order chi connectivity index (χ1) is 0. The van der Waals surface area contributed by atoms with E-state index < -0.39 is 0 Å². The largest absolute Gasteiger partial charge is 3.00 e. The van der Waals surface area contributed by atoms with Gasteiger partial charge in [0.25, 0.3) is 0 Å². The Morgan fingerprint density at radius 3 is 0.455 bits per heavy atom. The van der Waals surface area contributed by atoms with Crippen molar-refractivity contribution in [3.05, 3.63) is 0 Å². The van der Waals surface area contributed by atoms with Crippen LogP contribution in [0.2, 0.25) is 0 Å². The molecule has 11 heavy (non-hydrogen) atoms. The molecule has 2 atom stereocenters. The molecule has 0 saturated carbocycles. The van der Waals surface area contributed by atoms with Crippen LogP contribution in [0.15, 0.2) is 0 Å². The van der Waals surface area contributed by atoms with Crippen molar-refractivity contribution in [2.24, 2.45) is 0 Å². The molecule has 0 rings (SSSR count). The summed E-state index contributed by atoms with van der Waals surface area (Å²) in [6.07, 6.45) is 0. The van der Waals surface area contributed by atoms with Gasteiger partial charge in [0.1, 0.15) is 0 Å². The van der Waals surface area contributed by atoms with Crippen molar-refractivity contribution in [1.82, 2.24) is 0 Å². The maximum atomic E-state index is 0. The molecular formula is H6Al2Cr2O3P2Si2. The van der Waals surface area contributed by atoms with E-state index in [9.17, 15) is 0 Å². The molecule has 3 nitrogen and oxygen atoms in total. The molecule has 60 valence electrons. The molecule has 0 N–H and O–H groups in total. The van der Waals surface area contributed by atoms with Crippen LogP contribution in [0.1, 0.15) is 0 Å². The van der Waals surface area contributed by atoms with Crippen molar-refractivity contribution in [2.75, 3.05) is 0 Å². The van der Waals surface area contributed by atoms with Crippen molar-refractivity contribution in [2.45, 2.75) is 0 Å². The Balaban J connectivity index is 0. The zero-order valence-corrected chi connectivity index (χ0v) is 15.3. The van der Waals surface area contributed by atoms with E-state index in [0.717, 1.165) is 0 Å². The minimum absolute atomic E-state index is 0. The summed E-state index contributed by atoms with van der Waals surface area (Å²) in [5.74, 6) is 0. The SMILES string of the molecule is P.P.[Al+3].[Al+3].[Cr].[Cr].[O-2].[O-2].[O-2].[Si].[Si]. The van der Waals surface area contributed by atoms with Gasteiger partial charge in [-0.25, -0.2) is 0 Å². The third-order valence-corrected chi connectivity index (χ3v) is 0. The quantitative estimate of drug-likeness (QED) is 0.372. The maximum absolute atomic E-state index is 0. The van der Waals surface area contributed by atoms with Gasteiger partial charge in [-0.1, -0.05) is 0 Å². The predicted octanol–water partition coefficient (Wildman–Crippen LogP) is -1.77. The molecule has 0 bridgehead atoms. The first-order valence-corrected chi connectivity index (χ1v) is 0. The Morgan fingerprint density at radius 1 is 0.455 bits per heavy atom. The Kier molecular flexibility index (Phi) is 3890. The van der Waals surface area contributed by atoms with Crippen LogP contribution < -0.4 is 0 Å². The Morgan fingerprint density at radius 2 is 0.455 bits per heavy atom. The van der Waals surface area contributed by atoms with Gasteiger partial charge in [0.2, 0.25) is 0 Å². The molecule has 0 saturated heterocycles. The van der Waals surface area contributed by atoms with Crippen LogP contribution in [0.4, 0.5) is 0 Å². The fourth-order valence-electron chi connectivity index (χ4n) is 0. The van der Waals surface area contributed by atoms with Gasteiger partial charge in [0.15, 0.2) is 0 Å². The van der Waals surface area contributed by atoms with Crippen LogP contribution in [0.5, 0.6) is 0 Å². The van der Waals surface area contributed by atoms with E-state index in [2.05, 4.69) is 0 Å². The molecule has 0 amide bonds. The van der Waals surface area contributed by atoms with E-state index in [4.69, 9.17) is 0 Å². The topological polar surface area (TPSA) is 85.5 Å². The van der Waals surface area contributed by atoms with Gasteiger partial charge in [-0.2, -0.15) is 19.8 Å². The molecule has 0 aromatic heterocycles. The van der Waals surface area contributed by atoms with E-state index in [0.29, 0.717) is 0 Å². The second kappa shape index (κ2) is 185. The molecule has 0 heterocycles. The predicted molar refractivity (Wildman–Crippen MR) is 47.3 cm³/mol. The molecule has 0 fully saturated rings. The molecule has 0 aromatic rings. The monoisotopic (exact) mass is 330 g/mol. The van der Waals surface area contributed by atoms with Gasteiger partial charge < -0.3 is 16.4 Å². The first-order valence-electron chi connectivity index (χ1n) is 0. The summed E-state index contributed by atoms with van der Waals surface area (Å²) in [6, 6.07) is 0. The molecule has 0 aliphatic carbocycles. The minimum Gasteiger partial charge on any atom is -2.00 e. The van der Waals surface area contributed by atoms with Crippen LogP contribution in [0, 0.1) is 0 Å². The van der Waals surface area contributed by atoms with E-state index in [1.807, 2.05) is 0 Å². The fraction of sp³-hybridized carbons (Fsp3) is 0. The Labute approximate surface area is 126 Å². The van der Waals surface area contributed by atoms with Gasteiger partial charge >= 0.3 is 34.7 Å². The first kappa shape index (κ1) is 232. The van der Waals surface area contributed by atoms with Crippen molar-refractivity contribution < 1.29 is 51.2 Å². The van der Waals surface area contributed by atoms with Crippen molar-refractivity contribution in [1.29, 1.82) is 0 Å². The van der Waals surface area contributed by atoms with E-state index >= 15 is 0 Å². The molecule has 0 spiro atoms. The fourth-order valence-corrected chi connectivity index (χ4v) is 0. The summed E-state index contributed by atoms with van der Waals surface area (Å²) in [7, 11) is 0. The molecule has 8 radical (unpaired) electrons. The van der Waals surface area contributed by atoms with Gasteiger partial charge in [-0.3, -0.25) is 0 Å². The van der Waals surface area contributed by atoms with Crippen molar-refractivity contribution in [3.63, 3.8) is 0 Å². The summed E-state index contributed by atoms with van der Waals surface area (Å²) in [5.41, 5.74) is 0. The summed E-state index contributed by atoms with van der Waals surface area (Å²) in [4.78, 5) is 0. The van der Waals surface area contributed by atoms with E-state index in [1.165, 1.54) is 0 Å². The molecule has 2 unspecified atom stereocenters. The molecule has 0 aliphatic rings. The van der Waals surface area contributed by atoms with E-state index in [1.54, 1.807) is 0 Å². The molecule has 0 aliphatic heterocycles. The Hall–Kier alpha value is 3.30. The number of hydrogen-bond donors (Lipinski definition) is 0. The average molecular weight is 330 g/mol. The smallest absolute Gasteiger partial charge is 2.00 e. The summed E-state index contributed by atoms with van der Waals surface area (Å²) >= 11 is 0. The van der Waals surface area contributed by atoms with Crippen LogP contribution in [0.25, 0.3) is 0 Å². The van der Waals surface area contributed by atoms with Gasteiger partial charge in [0, 0.05) is 56.7 Å². The van der Waals surface area contributed by atoms with Crippen LogP contribution in [-0.4, -0.2) is 56.7 Å². The molecule has 0 aromatic carbocycles. The maximum Gasteiger partial charge on any atom is 3.00 e. The summed E-state index contributed by atoms with van der Waals surface area (Å²) in [6.45, 7) is 0. The second-order valence-corrected chi connectivity index (χ2v) is 0. The number of rotatable bonds is 0. The molecule has 11 heteroatoms. The summed E-state index contributed by atoms with van der Waals surface area (Å²) in [5, 5.41) is 0. The van der Waals surface area contributed by atoms with Crippen molar-refractivity contribution in [3.8, 4) is 0 Å². The number of hydrogen-bond acceptors (Lipinski definition) is 0. The average Bonchev–Trinajstić information content (AvgIpc) is 0. The van der Waals surface area contributed by atoms with Gasteiger partial charge in [0.05, 0.1) is 0 Å². The second-order valence-electron chi connectivity index (χ2n) is 0. The minimum atomic E-state index is 0.